The summed E-state index contributed by atoms with van der Waals surface area (Å²) >= 11 is 6.47. The van der Waals surface area contributed by atoms with E-state index in [9.17, 15) is 4.79 Å². The third-order valence-electron chi connectivity index (χ3n) is 5.71. The lowest BCUT2D eigenvalue weighted by molar-refractivity contribution is 0.172. The Kier molecular flexibility index (Phi) is 4.77. The summed E-state index contributed by atoms with van der Waals surface area (Å²) in [5.74, 6) is 1.42. The second-order valence-corrected chi connectivity index (χ2v) is 11.4. The number of para-hydroxylation sites is 1. The molecule has 2 aromatic rings. The maximum absolute atomic E-state index is 13.8. The van der Waals surface area contributed by atoms with Crippen molar-refractivity contribution in [1.29, 1.82) is 0 Å². The fourth-order valence-electron chi connectivity index (χ4n) is 4.35. The molecule has 0 aromatic heterocycles. The second kappa shape index (κ2) is 7.31. The zero-order valence-electron chi connectivity index (χ0n) is 16.4. The third kappa shape index (κ3) is 2.87. The molecule has 0 unspecified atom stereocenters. The van der Waals surface area contributed by atoms with Gasteiger partial charge in [-0.1, -0.05) is 30.0 Å². The predicted molar refractivity (Wildman–Crippen MR) is 119 cm³/mol. The summed E-state index contributed by atoms with van der Waals surface area (Å²) < 4.78 is 15.9. The monoisotopic (exact) mass is 429 g/mol. The van der Waals surface area contributed by atoms with E-state index in [1.807, 2.05) is 54.1 Å². The number of hydrogen-bond donors (Lipinski definition) is 0. The number of benzene rings is 2. The summed E-state index contributed by atoms with van der Waals surface area (Å²) in [6, 6.07) is 13.8. The highest BCUT2D eigenvalue weighted by molar-refractivity contribution is 8.18. The summed E-state index contributed by atoms with van der Waals surface area (Å²) in [6.07, 6.45) is -0.355. The van der Waals surface area contributed by atoms with Crippen LogP contribution in [0.15, 0.2) is 42.5 Å². The SMILES string of the molecule is CCN1C(=O)N(c2ccccc2)[P@](=S)(N2CCCC2)c2cc3c(cc21)OCCO3. The molecular formula is C21H24N3O3PS. The van der Waals surface area contributed by atoms with Crippen molar-refractivity contribution in [2.24, 2.45) is 0 Å². The Morgan fingerprint density at radius 2 is 1.69 bits per heavy atom. The molecule has 1 saturated heterocycles. The number of amides is 2. The Balaban J connectivity index is 1.78. The minimum Gasteiger partial charge on any atom is -0.486 e. The number of urea groups is 1. The van der Waals surface area contributed by atoms with Gasteiger partial charge in [0.25, 0.3) is 0 Å². The molecule has 0 spiro atoms. The van der Waals surface area contributed by atoms with Gasteiger partial charge >= 0.3 is 6.03 Å². The largest absolute Gasteiger partial charge is 0.486 e. The average Bonchev–Trinajstić information content (AvgIpc) is 3.30. The van der Waals surface area contributed by atoms with E-state index in [-0.39, 0.29) is 6.03 Å². The van der Waals surface area contributed by atoms with Crippen LogP contribution in [0, 0.1) is 0 Å². The van der Waals surface area contributed by atoms with E-state index in [0.717, 1.165) is 48.4 Å². The fourth-order valence-corrected chi connectivity index (χ4v) is 8.92. The van der Waals surface area contributed by atoms with Crippen LogP contribution in [0.4, 0.5) is 16.2 Å². The van der Waals surface area contributed by atoms with Gasteiger partial charge in [-0.15, -0.1) is 0 Å². The molecule has 152 valence electrons. The lowest BCUT2D eigenvalue weighted by Gasteiger charge is -2.48. The van der Waals surface area contributed by atoms with Crippen LogP contribution in [0.25, 0.3) is 0 Å². The van der Waals surface area contributed by atoms with E-state index in [4.69, 9.17) is 21.3 Å². The molecule has 2 aromatic carbocycles. The van der Waals surface area contributed by atoms with Crippen molar-refractivity contribution in [3.63, 3.8) is 0 Å². The minimum atomic E-state index is -2.56. The first-order valence-corrected chi connectivity index (χ1v) is 12.8. The zero-order chi connectivity index (χ0) is 20.0. The molecule has 3 aliphatic rings. The van der Waals surface area contributed by atoms with Gasteiger partial charge in [-0.05, 0) is 38.0 Å². The molecule has 5 rings (SSSR count). The van der Waals surface area contributed by atoms with Crippen LogP contribution in [0.1, 0.15) is 19.8 Å². The molecule has 8 heteroatoms. The number of carbonyl (C=O) groups is 1. The molecular weight excluding hydrogens is 405 g/mol. The van der Waals surface area contributed by atoms with Gasteiger partial charge in [0, 0.05) is 31.0 Å². The number of anilines is 2. The molecule has 2 amide bonds. The van der Waals surface area contributed by atoms with Crippen LogP contribution in [0.2, 0.25) is 0 Å². The molecule has 3 aliphatic heterocycles. The Labute approximate surface area is 176 Å². The quantitative estimate of drug-likeness (QED) is 0.692. The van der Waals surface area contributed by atoms with Gasteiger partial charge in [0.15, 0.2) is 11.5 Å². The van der Waals surface area contributed by atoms with Crippen LogP contribution in [0.3, 0.4) is 0 Å². The van der Waals surface area contributed by atoms with Crippen LogP contribution >= 0.6 is 6.34 Å². The summed E-state index contributed by atoms with van der Waals surface area (Å²) in [7, 11) is 0. The molecule has 6 nitrogen and oxygen atoms in total. The van der Waals surface area contributed by atoms with E-state index in [1.165, 1.54) is 0 Å². The van der Waals surface area contributed by atoms with Gasteiger partial charge in [0.1, 0.15) is 19.6 Å². The molecule has 3 heterocycles. The normalized spacial score (nSPS) is 24.0. The first kappa shape index (κ1) is 18.9. The van der Waals surface area contributed by atoms with E-state index in [0.29, 0.717) is 25.5 Å². The van der Waals surface area contributed by atoms with Crippen molar-refractivity contribution in [3.05, 3.63) is 42.5 Å². The number of hydrogen-bond acceptors (Lipinski definition) is 4. The zero-order valence-corrected chi connectivity index (χ0v) is 18.1. The Morgan fingerprint density at radius 3 is 2.34 bits per heavy atom. The van der Waals surface area contributed by atoms with E-state index in [2.05, 4.69) is 4.67 Å². The van der Waals surface area contributed by atoms with Gasteiger partial charge in [0.05, 0.1) is 11.4 Å². The van der Waals surface area contributed by atoms with Gasteiger partial charge in [0.2, 0.25) is 0 Å². The van der Waals surface area contributed by atoms with Gasteiger partial charge in [-0.3, -0.25) is 9.57 Å². The number of rotatable bonds is 3. The number of ether oxygens (including phenoxy) is 2. The van der Waals surface area contributed by atoms with Crippen molar-refractivity contribution < 1.29 is 14.3 Å². The van der Waals surface area contributed by atoms with Crippen molar-refractivity contribution >= 4 is 40.9 Å². The van der Waals surface area contributed by atoms with Crippen molar-refractivity contribution in [1.82, 2.24) is 4.67 Å². The first-order chi connectivity index (χ1) is 14.1. The number of fused-ring (bicyclic) bond motifs is 2. The molecule has 1 fully saturated rings. The highest BCUT2D eigenvalue weighted by atomic mass is 32.4. The highest BCUT2D eigenvalue weighted by Crippen LogP contribution is 2.61. The Hall–Kier alpha value is -2.08. The van der Waals surface area contributed by atoms with Crippen molar-refractivity contribution in [2.75, 3.05) is 42.4 Å². The molecule has 0 N–H and O–H groups in total. The molecule has 0 saturated carbocycles. The Morgan fingerprint density at radius 1 is 1.03 bits per heavy atom. The highest BCUT2D eigenvalue weighted by Gasteiger charge is 2.47. The van der Waals surface area contributed by atoms with Gasteiger partial charge in [-0.25, -0.2) is 9.46 Å². The third-order valence-corrected chi connectivity index (χ3v) is 10.6. The standard InChI is InChI=1S/C21H24N3O3PS/c1-2-23-17-14-18-19(27-13-12-26-18)15-20(17)28(29,22-10-6-7-11-22)24(21(23)25)16-8-4-3-5-9-16/h3-5,8-9,14-15H,2,6-7,10-13H2,1H3/t28-/m1/s1. The first-order valence-electron chi connectivity index (χ1n) is 10.1. The lowest BCUT2D eigenvalue weighted by Crippen LogP contribution is -2.52. The van der Waals surface area contributed by atoms with E-state index in [1.54, 1.807) is 4.90 Å². The maximum Gasteiger partial charge on any atom is 0.334 e. The van der Waals surface area contributed by atoms with E-state index < -0.39 is 6.34 Å². The minimum absolute atomic E-state index is 0.0573. The number of carbonyl (C=O) groups excluding carboxylic acids is 1. The van der Waals surface area contributed by atoms with Crippen LogP contribution in [-0.4, -0.2) is 43.5 Å². The number of nitrogens with zero attached hydrogens (tertiary/aromatic N) is 3. The molecule has 29 heavy (non-hydrogen) atoms. The molecule has 0 bridgehead atoms. The smallest absolute Gasteiger partial charge is 0.334 e. The van der Waals surface area contributed by atoms with Crippen LogP contribution in [0.5, 0.6) is 11.5 Å². The summed E-state index contributed by atoms with van der Waals surface area (Å²) in [5.41, 5.74) is 1.72. The van der Waals surface area contributed by atoms with Crippen molar-refractivity contribution in [2.45, 2.75) is 19.8 Å². The van der Waals surface area contributed by atoms with Gasteiger partial charge in [-0.2, -0.15) is 0 Å². The molecule has 1 atom stereocenters. The average molecular weight is 429 g/mol. The van der Waals surface area contributed by atoms with Gasteiger partial charge < -0.3 is 9.47 Å². The second-order valence-electron chi connectivity index (χ2n) is 7.36. The molecule has 0 aliphatic carbocycles. The lowest BCUT2D eigenvalue weighted by atomic mass is 10.2. The summed E-state index contributed by atoms with van der Waals surface area (Å²) in [4.78, 5) is 15.6. The van der Waals surface area contributed by atoms with E-state index >= 15 is 0 Å². The maximum atomic E-state index is 13.8. The fraction of sp³-hybridized carbons (Fsp3) is 0.381. The van der Waals surface area contributed by atoms with Crippen molar-refractivity contribution in [3.8, 4) is 11.5 Å². The summed E-state index contributed by atoms with van der Waals surface area (Å²) in [5, 5.41) is 1.02. The summed E-state index contributed by atoms with van der Waals surface area (Å²) in [6.45, 7) is 5.41. The Bertz CT molecular complexity index is 994. The predicted octanol–water partition coefficient (Wildman–Crippen LogP) is 3.95. The van der Waals surface area contributed by atoms with Crippen LogP contribution in [-0.2, 0) is 11.8 Å². The molecule has 0 radical (unpaired) electrons. The topological polar surface area (TPSA) is 45.3 Å². The van der Waals surface area contributed by atoms with Crippen LogP contribution < -0.4 is 24.3 Å².